The maximum Gasteiger partial charge on any atom is 0.417 e. The number of alkyl halides is 3. The Bertz CT molecular complexity index is 930. The minimum absolute atomic E-state index is 0.285. The zero-order valence-electron chi connectivity index (χ0n) is 14.1. The van der Waals surface area contributed by atoms with Gasteiger partial charge in [0.05, 0.1) is 10.6 Å². The molecule has 0 saturated heterocycles. The van der Waals surface area contributed by atoms with Crippen LogP contribution in [0.4, 0.5) is 30.4 Å². The summed E-state index contributed by atoms with van der Waals surface area (Å²) in [4.78, 5) is 4.10. The fraction of sp³-hybridized carbons (Fsp3) is 0.105. The van der Waals surface area contributed by atoms with Crippen molar-refractivity contribution >= 4 is 28.8 Å². The molecule has 3 rings (SSSR count). The van der Waals surface area contributed by atoms with Crippen LogP contribution in [0.2, 0.25) is 5.02 Å². The van der Waals surface area contributed by atoms with E-state index >= 15 is 0 Å². The third kappa shape index (κ3) is 4.83. The summed E-state index contributed by atoms with van der Waals surface area (Å²) >= 11 is 5.63. The van der Waals surface area contributed by atoms with Crippen LogP contribution in [0.25, 0.3) is 0 Å². The highest BCUT2D eigenvalue weighted by molar-refractivity contribution is 6.31. The molecule has 0 bridgehead atoms. The van der Waals surface area contributed by atoms with E-state index < -0.39 is 11.7 Å². The van der Waals surface area contributed by atoms with E-state index in [9.17, 15) is 13.2 Å². The number of hydrogen-bond acceptors (Lipinski definition) is 4. The average Bonchev–Trinajstić information content (AvgIpc) is 2.64. The number of ether oxygens (including phenoxy) is 1. The van der Waals surface area contributed by atoms with Crippen LogP contribution in [0.3, 0.4) is 0 Å². The maximum atomic E-state index is 12.9. The highest BCUT2D eigenvalue weighted by atomic mass is 35.5. The van der Waals surface area contributed by atoms with Gasteiger partial charge in [0, 0.05) is 30.7 Å². The van der Waals surface area contributed by atoms with Crippen molar-refractivity contribution in [2.75, 3.05) is 17.7 Å². The second kappa shape index (κ2) is 7.75. The number of halogens is 4. The van der Waals surface area contributed by atoms with E-state index in [1.807, 2.05) is 0 Å². The first-order valence-electron chi connectivity index (χ1n) is 7.90. The fourth-order valence-corrected chi connectivity index (χ4v) is 2.57. The number of nitrogens with one attached hydrogen (secondary N) is 2. The number of hydrogen-bond donors (Lipinski definition) is 2. The number of pyridine rings is 1. The monoisotopic (exact) mass is 393 g/mol. The second-order valence-corrected chi connectivity index (χ2v) is 5.98. The number of benzene rings is 2. The summed E-state index contributed by atoms with van der Waals surface area (Å²) in [7, 11) is 1.76. The van der Waals surface area contributed by atoms with E-state index in [0.717, 1.165) is 6.07 Å². The average molecular weight is 394 g/mol. The Morgan fingerprint density at radius 2 is 1.63 bits per heavy atom. The lowest BCUT2D eigenvalue weighted by atomic mass is 10.2. The van der Waals surface area contributed by atoms with Crippen molar-refractivity contribution in [2.45, 2.75) is 6.18 Å². The summed E-state index contributed by atoms with van der Waals surface area (Å²) in [5.74, 6) is 1.87. The minimum atomic E-state index is -4.51. The summed E-state index contributed by atoms with van der Waals surface area (Å²) in [6.07, 6.45) is -2.89. The lowest BCUT2D eigenvalue weighted by Crippen LogP contribution is -2.06. The standard InChI is InChI=1S/C19H15ClF3N3O/c1-24-18-11-15(8-9-25-18)27-14-5-2-12(3-6-14)26-13-4-7-17(20)16(10-13)19(21,22)23/h2-11,26H,1H3,(H,24,25). The van der Waals surface area contributed by atoms with E-state index in [2.05, 4.69) is 15.6 Å². The first-order chi connectivity index (χ1) is 12.8. The zero-order valence-corrected chi connectivity index (χ0v) is 14.9. The molecule has 0 atom stereocenters. The number of nitrogens with zero attached hydrogens (tertiary/aromatic N) is 1. The van der Waals surface area contributed by atoms with Gasteiger partial charge < -0.3 is 15.4 Å². The Kier molecular flexibility index (Phi) is 5.41. The normalized spacial score (nSPS) is 11.1. The molecule has 140 valence electrons. The van der Waals surface area contributed by atoms with Gasteiger partial charge >= 0.3 is 6.18 Å². The Labute approximate surface area is 159 Å². The lowest BCUT2D eigenvalue weighted by Gasteiger charge is -2.13. The minimum Gasteiger partial charge on any atom is -0.457 e. The third-order valence-electron chi connectivity index (χ3n) is 3.64. The summed E-state index contributed by atoms with van der Waals surface area (Å²) < 4.78 is 44.6. The SMILES string of the molecule is CNc1cc(Oc2ccc(Nc3ccc(Cl)c(C(F)(F)F)c3)cc2)ccn1. The molecule has 3 aromatic rings. The zero-order chi connectivity index (χ0) is 19.4. The van der Waals surface area contributed by atoms with Crippen molar-refractivity contribution in [2.24, 2.45) is 0 Å². The van der Waals surface area contributed by atoms with Crippen LogP contribution >= 0.6 is 11.6 Å². The summed E-state index contributed by atoms with van der Waals surface area (Å²) in [5.41, 5.74) is 0.0174. The van der Waals surface area contributed by atoms with Crippen LogP contribution in [0.5, 0.6) is 11.5 Å². The quantitative estimate of drug-likeness (QED) is 0.531. The van der Waals surface area contributed by atoms with Gasteiger partial charge in [-0.2, -0.15) is 13.2 Å². The predicted molar refractivity (Wildman–Crippen MR) is 100 cm³/mol. The van der Waals surface area contributed by atoms with Crippen molar-refractivity contribution < 1.29 is 17.9 Å². The largest absolute Gasteiger partial charge is 0.457 e. The van der Waals surface area contributed by atoms with E-state index in [0.29, 0.717) is 23.0 Å². The van der Waals surface area contributed by atoms with Crippen molar-refractivity contribution in [1.82, 2.24) is 4.98 Å². The van der Waals surface area contributed by atoms with E-state index in [4.69, 9.17) is 16.3 Å². The first-order valence-corrected chi connectivity index (χ1v) is 8.28. The summed E-state index contributed by atoms with van der Waals surface area (Å²) in [5, 5.41) is 5.50. The molecule has 0 spiro atoms. The molecule has 0 aliphatic rings. The van der Waals surface area contributed by atoms with Crippen molar-refractivity contribution in [3.05, 3.63) is 71.4 Å². The van der Waals surface area contributed by atoms with Crippen LogP contribution in [0, 0.1) is 0 Å². The van der Waals surface area contributed by atoms with Crippen molar-refractivity contribution in [3.8, 4) is 11.5 Å². The Balaban J connectivity index is 1.72. The Morgan fingerprint density at radius 3 is 2.30 bits per heavy atom. The molecule has 27 heavy (non-hydrogen) atoms. The fourth-order valence-electron chi connectivity index (χ4n) is 2.34. The molecular weight excluding hydrogens is 379 g/mol. The van der Waals surface area contributed by atoms with Crippen LogP contribution in [-0.2, 0) is 6.18 Å². The topological polar surface area (TPSA) is 46.2 Å². The van der Waals surface area contributed by atoms with Crippen LogP contribution < -0.4 is 15.4 Å². The van der Waals surface area contributed by atoms with Crippen molar-refractivity contribution in [1.29, 1.82) is 0 Å². The molecule has 4 nitrogen and oxygen atoms in total. The molecule has 2 N–H and O–H groups in total. The highest BCUT2D eigenvalue weighted by Gasteiger charge is 2.33. The molecule has 0 unspecified atom stereocenters. The van der Waals surface area contributed by atoms with E-state index in [-0.39, 0.29) is 10.7 Å². The maximum absolute atomic E-state index is 12.9. The molecule has 0 radical (unpaired) electrons. The molecule has 1 aromatic heterocycles. The molecule has 0 saturated carbocycles. The van der Waals surface area contributed by atoms with Gasteiger partial charge in [0.15, 0.2) is 0 Å². The first kappa shape index (κ1) is 18.8. The molecule has 0 fully saturated rings. The van der Waals surface area contributed by atoms with Gasteiger partial charge in [-0.3, -0.25) is 0 Å². The van der Waals surface area contributed by atoms with Gasteiger partial charge in [-0.15, -0.1) is 0 Å². The van der Waals surface area contributed by atoms with Gasteiger partial charge in [-0.25, -0.2) is 4.98 Å². The third-order valence-corrected chi connectivity index (χ3v) is 3.97. The molecule has 0 amide bonds. The molecule has 2 aromatic carbocycles. The predicted octanol–water partition coefficient (Wildman–Crippen LogP) is 6.33. The van der Waals surface area contributed by atoms with Gasteiger partial charge in [0.2, 0.25) is 0 Å². The Hall–Kier alpha value is -2.93. The van der Waals surface area contributed by atoms with E-state index in [1.54, 1.807) is 49.6 Å². The number of rotatable bonds is 5. The highest BCUT2D eigenvalue weighted by Crippen LogP contribution is 2.36. The van der Waals surface area contributed by atoms with E-state index in [1.165, 1.54) is 12.1 Å². The molecule has 0 aliphatic carbocycles. The lowest BCUT2D eigenvalue weighted by molar-refractivity contribution is -0.137. The van der Waals surface area contributed by atoms with Crippen LogP contribution in [-0.4, -0.2) is 12.0 Å². The molecule has 8 heteroatoms. The molecular formula is C19H15ClF3N3O. The summed E-state index contributed by atoms with van der Waals surface area (Å²) in [6, 6.07) is 14.0. The van der Waals surface area contributed by atoms with Crippen molar-refractivity contribution in [3.63, 3.8) is 0 Å². The Morgan fingerprint density at radius 1 is 0.926 bits per heavy atom. The number of aromatic nitrogens is 1. The second-order valence-electron chi connectivity index (χ2n) is 5.57. The number of anilines is 3. The van der Waals surface area contributed by atoms with Crippen LogP contribution in [0.15, 0.2) is 60.8 Å². The molecule has 1 heterocycles. The van der Waals surface area contributed by atoms with Crippen LogP contribution in [0.1, 0.15) is 5.56 Å². The van der Waals surface area contributed by atoms with Gasteiger partial charge in [-0.05, 0) is 48.5 Å². The van der Waals surface area contributed by atoms with Gasteiger partial charge in [-0.1, -0.05) is 11.6 Å². The smallest absolute Gasteiger partial charge is 0.417 e. The van der Waals surface area contributed by atoms with Gasteiger partial charge in [0.1, 0.15) is 17.3 Å². The molecule has 0 aliphatic heterocycles. The summed E-state index contributed by atoms with van der Waals surface area (Å²) in [6.45, 7) is 0. The van der Waals surface area contributed by atoms with Gasteiger partial charge in [0.25, 0.3) is 0 Å².